The minimum Gasteiger partial charge on any atom is -0.352 e. The van der Waals surface area contributed by atoms with Gasteiger partial charge < -0.3 is 11.1 Å². The number of carbonyl (C=O) groups excluding carboxylic acids is 1. The van der Waals surface area contributed by atoms with Crippen LogP contribution in [0.1, 0.15) is 43.6 Å². The lowest BCUT2D eigenvalue weighted by molar-refractivity contribution is 0.238. The fraction of sp³-hybridized carbons (Fsp3) is 0.400. The van der Waals surface area contributed by atoms with Crippen molar-refractivity contribution in [3.05, 3.63) is 47.0 Å². The lowest BCUT2D eigenvalue weighted by atomic mass is 10.0. The molecule has 1 atom stereocenters. The highest BCUT2D eigenvalue weighted by Crippen LogP contribution is 2.24. The molecule has 7 heteroatoms. The van der Waals surface area contributed by atoms with Gasteiger partial charge >= 0.3 is 6.03 Å². The average Bonchev–Trinajstić information content (AvgIpc) is 2.86. The van der Waals surface area contributed by atoms with Crippen LogP contribution < -0.4 is 11.1 Å². The minimum absolute atomic E-state index is 0.105. The number of rotatable bonds is 4. The van der Waals surface area contributed by atoms with Gasteiger partial charge in [-0.15, -0.1) is 5.10 Å². The van der Waals surface area contributed by atoms with E-state index in [1.165, 1.54) is 12.1 Å². The van der Waals surface area contributed by atoms with Crippen molar-refractivity contribution < 1.29 is 9.18 Å². The van der Waals surface area contributed by atoms with Crippen molar-refractivity contribution in [1.29, 1.82) is 0 Å². The molecule has 1 aromatic heterocycles. The molecule has 6 nitrogen and oxygen atoms in total. The fourth-order valence-corrected chi connectivity index (χ4v) is 2.37. The molecule has 2 rings (SSSR count). The van der Waals surface area contributed by atoms with Crippen LogP contribution >= 0.6 is 0 Å². The smallest absolute Gasteiger partial charge is 0.312 e. The third-order valence-corrected chi connectivity index (χ3v) is 3.67. The number of hydrogen-bond donors (Lipinski definition) is 2. The Morgan fingerprint density at radius 3 is 2.73 bits per heavy atom. The number of carbonyl (C=O) groups is 1. The molecule has 118 valence electrons. The molecule has 0 spiro atoms. The van der Waals surface area contributed by atoms with Gasteiger partial charge in [0.25, 0.3) is 0 Å². The van der Waals surface area contributed by atoms with Crippen molar-refractivity contribution in [3.63, 3.8) is 0 Å². The maximum atomic E-state index is 13.2. The number of nitrogens with one attached hydrogen (secondary N) is 1. The van der Waals surface area contributed by atoms with Crippen LogP contribution in [-0.4, -0.2) is 21.0 Å². The van der Waals surface area contributed by atoms with Crippen LogP contribution in [0, 0.1) is 12.7 Å². The van der Waals surface area contributed by atoms with Crippen molar-refractivity contribution in [1.82, 2.24) is 20.3 Å². The largest absolute Gasteiger partial charge is 0.352 e. The molecule has 0 aliphatic heterocycles. The summed E-state index contributed by atoms with van der Waals surface area (Å²) in [6.07, 6.45) is 1.75. The minimum atomic E-state index is -0.721. The summed E-state index contributed by atoms with van der Waals surface area (Å²) < 4.78 is 14.9. The van der Waals surface area contributed by atoms with Gasteiger partial charge in [0.1, 0.15) is 11.5 Å². The molecular formula is C15H20FN5O. The van der Waals surface area contributed by atoms with Crippen molar-refractivity contribution in [3.8, 4) is 0 Å². The summed E-state index contributed by atoms with van der Waals surface area (Å²) >= 11 is 0. The molecule has 0 bridgehead atoms. The Labute approximate surface area is 128 Å². The highest BCUT2D eigenvalue weighted by atomic mass is 19.1. The first kappa shape index (κ1) is 15.9. The second-order valence-corrected chi connectivity index (χ2v) is 5.87. The van der Waals surface area contributed by atoms with E-state index in [4.69, 9.17) is 5.73 Å². The maximum Gasteiger partial charge on any atom is 0.312 e. The molecule has 3 N–H and O–H groups in total. The number of hydrogen-bond acceptors (Lipinski definition) is 3. The van der Waals surface area contributed by atoms with Gasteiger partial charge in [-0.25, -0.2) is 13.9 Å². The zero-order chi connectivity index (χ0) is 16.5. The maximum absolute atomic E-state index is 13.2. The molecule has 0 unspecified atom stereocenters. The van der Waals surface area contributed by atoms with Gasteiger partial charge in [-0.3, -0.25) is 0 Å². The van der Waals surface area contributed by atoms with Crippen molar-refractivity contribution in [2.75, 3.05) is 0 Å². The van der Waals surface area contributed by atoms with E-state index in [1.54, 1.807) is 30.8 Å². The van der Waals surface area contributed by atoms with Crippen LogP contribution in [0.2, 0.25) is 0 Å². The molecule has 0 radical (unpaired) electrons. The Morgan fingerprint density at radius 1 is 1.45 bits per heavy atom. The number of benzene rings is 1. The van der Waals surface area contributed by atoms with Crippen LogP contribution in [0.4, 0.5) is 9.18 Å². The van der Waals surface area contributed by atoms with Crippen LogP contribution in [0.5, 0.6) is 0 Å². The number of halogens is 1. The van der Waals surface area contributed by atoms with E-state index < -0.39 is 11.6 Å². The van der Waals surface area contributed by atoms with Crippen LogP contribution in [0.15, 0.2) is 24.4 Å². The van der Waals surface area contributed by atoms with E-state index >= 15 is 0 Å². The Kier molecular flexibility index (Phi) is 4.16. The van der Waals surface area contributed by atoms with Gasteiger partial charge in [-0.05, 0) is 51.0 Å². The van der Waals surface area contributed by atoms with E-state index in [0.29, 0.717) is 5.69 Å². The summed E-state index contributed by atoms with van der Waals surface area (Å²) in [6.45, 7) is 7.39. The molecule has 0 aliphatic carbocycles. The van der Waals surface area contributed by atoms with Gasteiger partial charge in [-0.1, -0.05) is 11.3 Å². The molecule has 2 amide bonds. The van der Waals surface area contributed by atoms with Gasteiger partial charge in [0.05, 0.1) is 17.8 Å². The number of nitrogens with zero attached hydrogens (tertiary/aromatic N) is 3. The van der Waals surface area contributed by atoms with Crippen molar-refractivity contribution in [2.45, 2.75) is 39.3 Å². The van der Waals surface area contributed by atoms with E-state index in [2.05, 4.69) is 15.6 Å². The van der Waals surface area contributed by atoms with Gasteiger partial charge in [0, 0.05) is 0 Å². The summed E-state index contributed by atoms with van der Waals surface area (Å²) in [6, 6.07) is 3.93. The number of aryl methyl sites for hydroxylation is 1. The number of urea groups is 1. The zero-order valence-electron chi connectivity index (χ0n) is 13.1. The molecular weight excluding hydrogens is 285 g/mol. The Hall–Kier alpha value is -2.44. The monoisotopic (exact) mass is 305 g/mol. The predicted octanol–water partition coefficient (Wildman–Crippen LogP) is 2.24. The first-order valence-corrected chi connectivity index (χ1v) is 6.96. The molecule has 2 aromatic rings. The van der Waals surface area contributed by atoms with Crippen LogP contribution in [0.3, 0.4) is 0 Å². The summed E-state index contributed by atoms with van der Waals surface area (Å²) in [7, 11) is 0. The first-order valence-electron chi connectivity index (χ1n) is 6.96. The normalized spacial score (nSPS) is 13.0. The van der Waals surface area contributed by atoms with Crippen molar-refractivity contribution >= 4 is 6.03 Å². The molecule has 0 saturated heterocycles. The average molecular weight is 305 g/mol. The highest BCUT2D eigenvalue weighted by molar-refractivity contribution is 5.72. The number of nitrogens with two attached hydrogens (primary N) is 1. The highest BCUT2D eigenvalue weighted by Gasteiger charge is 2.26. The Balaban J connectivity index is 2.29. The standard InChI is InChI=1S/C15H20FN5O/c1-9-7-11(16)5-6-12(9)10(2)21-8-13(19-20-21)15(3,4)18-14(17)22/h5-8,10H,1-4H3,(H3,17,18,22)/t10-/m1/s1. The topological polar surface area (TPSA) is 85.8 Å². The summed E-state index contributed by atoms with van der Waals surface area (Å²) in [5.74, 6) is -0.264. The molecule has 1 heterocycles. The van der Waals surface area contributed by atoms with Gasteiger partial charge in [0.15, 0.2) is 0 Å². The Morgan fingerprint density at radius 2 is 2.14 bits per heavy atom. The SMILES string of the molecule is Cc1cc(F)ccc1[C@@H](C)n1cc(C(C)(C)NC(N)=O)nn1. The van der Waals surface area contributed by atoms with E-state index in [0.717, 1.165) is 11.1 Å². The predicted molar refractivity (Wildman–Crippen MR) is 80.7 cm³/mol. The quantitative estimate of drug-likeness (QED) is 0.908. The lowest BCUT2D eigenvalue weighted by Crippen LogP contribution is -2.44. The molecule has 0 saturated carbocycles. The van der Waals surface area contributed by atoms with Crippen LogP contribution in [-0.2, 0) is 5.54 Å². The van der Waals surface area contributed by atoms with E-state index in [-0.39, 0.29) is 11.9 Å². The first-order chi connectivity index (χ1) is 10.2. The van der Waals surface area contributed by atoms with E-state index in [9.17, 15) is 9.18 Å². The number of primary amides is 1. The second-order valence-electron chi connectivity index (χ2n) is 5.87. The molecule has 22 heavy (non-hydrogen) atoms. The molecule has 1 aromatic carbocycles. The summed E-state index contributed by atoms with van der Waals surface area (Å²) in [4.78, 5) is 11.0. The molecule has 0 aliphatic rings. The second kappa shape index (κ2) is 5.75. The number of aromatic nitrogens is 3. The van der Waals surface area contributed by atoms with E-state index in [1.807, 2.05) is 13.8 Å². The number of amides is 2. The fourth-order valence-electron chi connectivity index (χ4n) is 2.37. The zero-order valence-corrected chi connectivity index (χ0v) is 13.1. The van der Waals surface area contributed by atoms with Gasteiger partial charge in [-0.2, -0.15) is 0 Å². The lowest BCUT2D eigenvalue weighted by Gasteiger charge is -2.22. The van der Waals surface area contributed by atoms with Gasteiger partial charge in [0.2, 0.25) is 0 Å². The van der Waals surface area contributed by atoms with Crippen LogP contribution in [0.25, 0.3) is 0 Å². The summed E-state index contributed by atoms with van der Waals surface area (Å²) in [5, 5.41) is 10.8. The van der Waals surface area contributed by atoms with Crippen molar-refractivity contribution in [2.24, 2.45) is 5.73 Å². The summed E-state index contributed by atoms with van der Waals surface area (Å²) in [5.41, 5.74) is 6.85. The molecule has 0 fully saturated rings. The Bertz CT molecular complexity index is 695. The third kappa shape index (κ3) is 3.24. The third-order valence-electron chi connectivity index (χ3n) is 3.67.